The summed E-state index contributed by atoms with van der Waals surface area (Å²) >= 11 is 3.62. The normalized spacial score (nSPS) is 24.3. The molecule has 2 aliphatic heterocycles. The Morgan fingerprint density at radius 1 is 1.07 bits per heavy atom. The van der Waals surface area contributed by atoms with Crippen molar-refractivity contribution in [2.24, 2.45) is 11.8 Å². The second-order valence-electron chi connectivity index (χ2n) is 12.8. The van der Waals surface area contributed by atoms with E-state index in [1.165, 1.54) is 31.2 Å². The van der Waals surface area contributed by atoms with Crippen LogP contribution in [0.4, 0.5) is 6.01 Å². The van der Waals surface area contributed by atoms with Gasteiger partial charge in [0.25, 0.3) is 6.01 Å². The molecule has 3 heterocycles. The maximum Gasteiger partial charge on any atom is 0.298 e. The molecule has 3 aromatic rings. The number of fused-ring (bicyclic) bond motifs is 1. The van der Waals surface area contributed by atoms with Crippen molar-refractivity contribution in [3.63, 3.8) is 0 Å². The molecule has 9 heteroatoms. The van der Waals surface area contributed by atoms with Gasteiger partial charge in [-0.25, -0.2) is 0 Å². The summed E-state index contributed by atoms with van der Waals surface area (Å²) in [5, 5.41) is 2.44. The molecular formula is C34H43BrN4O4. The number of hydrogen-bond acceptors (Lipinski definition) is 7. The Balaban J connectivity index is 0.922. The van der Waals surface area contributed by atoms with Crippen molar-refractivity contribution < 1.29 is 18.7 Å². The van der Waals surface area contributed by atoms with Gasteiger partial charge in [-0.3, -0.25) is 19.8 Å². The summed E-state index contributed by atoms with van der Waals surface area (Å²) in [6.07, 6.45) is 8.66. The first-order chi connectivity index (χ1) is 20.8. The Hall–Kier alpha value is -2.91. The summed E-state index contributed by atoms with van der Waals surface area (Å²) in [6.45, 7) is 9.44. The Kier molecular flexibility index (Phi) is 9.38. The summed E-state index contributed by atoms with van der Waals surface area (Å²) in [5.41, 5.74) is 3.55. The molecule has 230 valence electrons. The number of oxazole rings is 1. The van der Waals surface area contributed by atoms with Crippen molar-refractivity contribution >= 4 is 44.9 Å². The van der Waals surface area contributed by atoms with Gasteiger partial charge in [0.1, 0.15) is 11.3 Å². The number of amides is 2. The van der Waals surface area contributed by atoms with Crippen LogP contribution in [0.25, 0.3) is 11.1 Å². The van der Waals surface area contributed by atoms with Crippen LogP contribution in [-0.4, -0.2) is 60.5 Å². The van der Waals surface area contributed by atoms with E-state index in [1.807, 2.05) is 18.2 Å². The average Bonchev–Trinajstić information content (AvgIpc) is 3.43. The van der Waals surface area contributed by atoms with Gasteiger partial charge in [-0.05, 0) is 87.1 Å². The highest BCUT2D eigenvalue weighted by molar-refractivity contribution is 9.10. The number of benzene rings is 2. The number of imide groups is 1. The number of hydrogen-bond donors (Lipinski definition) is 1. The Morgan fingerprint density at radius 2 is 1.86 bits per heavy atom. The fourth-order valence-corrected chi connectivity index (χ4v) is 7.25. The molecule has 0 bridgehead atoms. The minimum absolute atomic E-state index is 0.200. The highest BCUT2D eigenvalue weighted by atomic mass is 79.9. The van der Waals surface area contributed by atoms with Crippen molar-refractivity contribution in [1.29, 1.82) is 0 Å². The van der Waals surface area contributed by atoms with Crippen LogP contribution >= 0.6 is 15.9 Å². The predicted molar refractivity (Wildman–Crippen MR) is 171 cm³/mol. The predicted octanol–water partition coefficient (Wildman–Crippen LogP) is 6.60. The van der Waals surface area contributed by atoms with Crippen molar-refractivity contribution in [3.8, 4) is 5.75 Å². The molecular weight excluding hydrogens is 608 g/mol. The van der Waals surface area contributed by atoms with E-state index in [4.69, 9.17) is 14.1 Å². The molecule has 1 aliphatic carbocycles. The molecule has 43 heavy (non-hydrogen) atoms. The molecule has 2 atom stereocenters. The number of anilines is 1. The molecule has 1 aromatic heterocycles. The first kappa shape index (κ1) is 30.1. The molecule has 3 fully saturated rings. The summed E-state index contributed by atoms with van der Waals surface area (Å²) in [6, 6.07) is 12.6. The van der Waals surface area contributed by atoms with E-state index in [0.29, 0.717) is 36.5 Å². The number of piperazine rings is 1. The van der Waals surface area contributed by atoms with Gasteiger partial charge < -0.3 is 14.1 Å². The van der Waals surface area contributed by atoms with Gasteiger partial charge in [-0.1, -0.05) is 41.4 Å². The zero-order valence-corrected chi connectivity index (χ0v) is 26.9. The second-order valence-corrected chi connectivity index (χ2v) is 13.7. The number of aromatic nitrogens is 1. The molecule has 2 amide bonds. The minimum Gasteiger partial charge on any atom is -0.490 e. The SMILES string of the molecule is Cc1c(Br)cccc1OC1CCC(CC[C@H](C)CN2CCN(c3nc4ccc(C5CCC(=O)NC5=O)cc4o3)CC2)CC1. The summed E-state index contributed by atoms with van der Waals surface area (Å²) in [5.74, 6) is 1.76. The summed E-state index contributed by atoms with van der Waals surface area (Å²) in [7, 11) is 0. The van der Waals surface area contributed by atoms with E-state index >= 15 is 0 Å². The van der Waals surface area contributed by atoms with E-state index in [9.17, 15) is 9.59 Å². The van der Waals surface area contributed by atoms with Crippen LogP contribution in [0.5, 0.6) is 5.75 Å². The molecule has 1 saturated carbocycles. The zero-order chi connectivity index (χ0) is 29.9. The van der Waals surface area contributed by atoms with E-state index in [1.54, 1.807) is 0 Å². The first-order valence-corrected chi connectivity index (χ1v) is 16.7. The Morgan fingerprint density at radius 3 is 2.63 bits per heavy atom. The summed E-state index contributed by atoms with van der Waals surface area (Å²) < 4.78 is 13.6. The van der Waals surface area contributed by atoms with E-state index in [-0.39, 0.29) is 17.7 Å². The van der Waals surface area contributed by atoms with Crippen LogP contribution in [0.3, 0.4) is 0 Å². The standard InChI is InChI=1S/C34H43BrN4O4/c1-22(6-7-24-8-11-26(12-9-24)42-30-5-3-4-28(35)23(30)2)21-38-16-18-39(19-17-38)34-36-29-14-10-25(20-31(29)43-34)27-13-15-32(40)37-33(27)41/h3-5,10,14,20,22,24,26-27H,6-9,11-13,15-19,21H2,1-2H3,(H,37,40,41)/t22-,24?,26?,27?/m0/s1. The number of nitrogens with zero attached hydrogens (tertiary/aromatic N) is 3. The number of halogens is 1. The molecule has 1 N–H and O–H groups in total. The molecule has 6 rings (SSSR count). The number of piperidine rings is 1. The maximum atomic E-state index is 12.3. The third-order valence-electron chi connectivity index (χ3n) is 9.63. The molecule has 8 nitrogen and oxygen atoms in total. The van der Waals surface area contributed by atoms with Gasteiger partial charge >= 0.3 is 0 Å². The lowest BCUT2D eigenvalue weighted by molar-refractivity contribution is -0.134. The number of carbonyl (C=O) groups excluding carboxylic acids is 2. The third-order valence-corrected chi connectivity index (χ3v) is 10.5. The zero-order valence-electron chi connectivity index (χ0n) is 25.3. The molecule has 2 saturated heterocycles. The monoisotopic (exact) mass is 650 g/mol. The Bertz CT molecular complexity index is 1440. The first-order valence-electron chi connectivity index (χ1n) is 16.0. The van der Waals surface area contributed by atoms with Crippen molar-refractivity contribution in [1.82, 2.24) is 15.2 Å². The minimum atomic E-state index is -0.322. The molecule has 0 spiro atoms. The van der Waals surface area contributed by atoms with Crippen LogP contribution in [0.2, 0.25) is 0 Å². The third kappa shape index (κ3) is 7.26. The van der Waals surface area contributed by atoms with Crippen molar-refractivity contribution in [2.75, 3.05) is 37.6 Å². The summed E-state index contributed by atoms with van der Waals surface area (Å²) in [4.78, 5) is 33.4. The van der Waals surface area contributed by atoms with Gasteiger partial charge in [0.15, 0.2) is 5.58 Å². The molecule has 1 unspecified atom stereocenters. The fraction of sp³-hybridized carbons (Fsp3) is 0.559. The number of rotatable bonds is 9. The number of carbonyl (C=O) groups is 2. The Labute approximate surface area is 262 Å². The van der Waals surface area contributed by atoms with Gasteiger partial charge in [-0.2, -0.15) is 4.98 Å². The van der Waals surface area contributed by atoms with Gasteiger partial charge in [0.2, 0.25) is 11.8 Å². The van der Waals surface area contributed by atoms with Crippen molar-refractivity contribution in [3.05, 3.63) is 52.0 Å². The quantitative estimate of drug-likeness (QED) is 0.261. The van der Waals surface area contributed by atoms with Gasteiger partial charge in [0.05, 0.1) is 12.0 Å². The maximum absolute atomic E-state index is 12.3. The van der Waals surface area contributed by atoms with Crippen LogP contribution < -0.4 is 15.0 Å². The van der Waals surface area contributed by atoms with E-state index < -0.39 is 0 Å². The lowest BCUT2D eigenvalue weighted by atomic mass is 9.83. The molecule has 2 aromatic carbocycles. The van der Waals surface area contributed by atoms with Crippen LogP contribution in [-0.2, 0) is 9.59 Å². The van der Waals surface area contributed by atoms with Crippen LogP contribution in [0, 0.1) is 18.8 Å². The number of ether oxygens (including phenoxy) is 1. The van der Waals surface area contributed by atoms with E-state index in [0.717, 1.165) is 72.8 Å². The highest BCUT2D eigenvalue weighted by Gasteiger charge is 2.29. The molecule has 0 radical (unpaired) electrons. The van der Waals surface area contributed by atoms with Crippen LogP contribution in [0.1, 0.15) is 75.3 Å². The topological polar surface area (TPSA) is 87.9 Å². The van der Waals surface area contributed by atoms with Gasteiger partial charge in [-0.15, -0.1) is 0 Å². The largest absolute Gasteiger partial charge is 0.490 e. The van der Waals surface area contributed by atoms with Gasteiger partial charge in [0, 0.05) is 49.2 Å². The number of nitrogens with one attached hydrogen (secondary N) is 1. The lowest BCUT2D eigenvalue weighted by Crippen LogP contribution is -2.47. The fourth-order valence-electron chi connectivity index (χ4n) is 6.90. The second kappa shape index (κ2) is 13.4. The van der Waals surface area contributed by atoms with Crippen molar-refractivity contribution in [2.45, 2.75) is 77.2 Å². The van der Waals surface area contributed by atoms with Crippen LogP contribution in [0.15, 0.2) is 45.3 Å². The van der Waals surface area contributed by atoms with E-state index in [2.05, 4.69) is 63.1 Å². The highest BCUT2D eigenvalue weighted by Crippen LogP contribution is 2.34. The average molecular weight is 652 g/mol. The lowest BCUT2D eigenvalue weighted by Gasteiger charge is -2.35. The smallest absolute Gasteiger partial charge is 0.298 e. The molecule has 3 aliphatic rings.